The summed E-state index contributed by atoms with van der Waals surface area (Å²) in [5.41, 5.74) is 8.55. The Kier molecular flexibility index (Phi) is 2.28. The maximum Gasteiger partial charge on any atom is 0.336 e. The molecule has 0 aliphatic heterocycles. The number of hydrogen-bond donors (Lipinski definition) is 1. The van der Waals surface area contributed by atoms with Crippen LogP contribution in [0, 0.1) is 13.8 Å². The summed E-state index contributed by atoms with van der Waals surface area (Å²) in [6, 6.07) is 5.20. The molecule has 2 N–H and O–H groups in total. The number of rotatable bonds is 1. The lowest BCUT2D eigenvalue weighted by atomic mass is 10.0. The lowest BCUT2D eigenvalue weighted by Crippen LogP contribution is -2.03. The molecule has 0 fully saturated rings. The predicted molar refractivity (Wildman–Crippen MR) is 69.6 cm³/mol. The van der Waals surface area contributed by atoms with E-state index < -0.39 is 0 Å². The van der Waals surface area contributed by atoms with Gasteiger partial charge in [0, 0.05) is 29.4 Å². The summed E-state index contributed by atoms with van der Waals surface area (Å²) in [7, 11) is 0. The first-order valence-corrected chi connectivity index (χ1v) is 5.76. The Morgan fingerprint density at radius 1 is 1.11 bits per heavy atom. The molecule has 2 heterocycles. The molecule has 0 unspecified atom stereocenters. The van der Waals surface area contributed by atoms with Crippen molar-refractivity contribution in [3.63, 3.8) is 0 Å². The van der Waals surface area contributed by atoms with E-state index >= 15 is 0 Å². The fourth-order valence-corrected chi connectivity index (χ4v) is 2.46. The minimum atomic E-state index is -0.356. The Labute approximate surface area is 103 Å². The van der Waals surface area contributed by atoms with Gasteiger partial charge in [-0.1, -0.05) is 0 Å². The Morgan fingerprint density at radius 3 is 2.61 bits per heavy atom. The molecular weight excluding hydrogens is 230 g/mol. The van der Waals surface area contributed by atoms with Gasteiger partial charge in [-0.25, -0.2) is 4.79 Å². The predicted octanol–water partition coefficient (Wildman–Crippen LogP) is 2.61. The fourth-order valence-electron chi connectivity index (χ4n) is 2.46. The normalized spacial score (nSPS) is 11.5. The van der Waals surface area contributed by atoms with Gasteiger partial charge in [0.1, 0.15) is 16.9 Å². The van der Waals surface area contributed by atoms with Crippen LogP contribution in [0.2, 0.25) is 0 Å². The van der Waals surface area contributed by atoms with Crippen molar-refractivity contribution in [2.75, 3.05) is 0 Å². The van der Waals surface area contributed by atoms with Crippen molar-refractivity contribution in [1.29, 1.82) is 0 Å². The van der Waals surface area contributed by atoms with E-state index in [2.05, 4.69) is 0 Å². The third-order valence-electron chi connectivity index (χ3n) is 3.16. The summed E-state index contributed by atoms with van der Waals surface area (Å²) in [6.07, 6.45) is 0. The molecule has 2 aromatic heterocycles. The van der Waals surface area contributed by atoms with Crippen LogP contribution in [0.3, 0.4) is 0 Å². The first kappa shape index (κ1) is 11.0. The van der Waals surface area contributed by atoms with Crippen molar-refractivity contribution in [1.82, 2.24) is 0 Å². The van der Waals surface area contributed by atoms with E-state index in [4.69, 9.17) is 14.6 Å². The van der Waals surface area contributed by atoms with Crippen LogP contribution < -0.4 is 11.4 Å². The molecule has 0 saturated heterocycles. The summed E-state index contributed by atoms with van der Waals surface area (Å²) >= 11 is 0. The summed E-state index contributed by atoms with van der Waals surface area (Å²) < 4.78 is 10.8. The standard InChI is InChI=1S/C14H13NO3/c1-7-3-13(16)18-12-5-11-9(4-8(2)17-11)10(6-15)14(7)12/h3-5H,6,15H2,1-2H3. The lowest BCUT2D eigenvalue weighted by Gasteiger charge is -2.07. The SMILES string of the molecule is Cc1cc2c(CN)c3c(C)cc(=O)oc3cc2o1. The van der Waals surface area contributed by atoms with Gasteiger partial charge in [-0.05, 0) is 31.0 Å². The smallest absolute Gasteiger partial charge is 0.336 e. The van der Waals surface area contributed by atoms with Crippen molar-refractivity contribution in [2.45, 2.75) is 20.4 Å². The maximum absolute atomic E-state index is 11.4. The number of aryl methyl sites for hydroxylation is 2. The number of fused-ring (bicyclic) bond motifs is 2. The molecule has 1 aromatic carbocycles. The minimum Gasteiger partial charge on any atom is -0.461 e. The fraction of sp³-hybridized carbons (Fsp3) is 0.214. The van der Waals surface area contributed by atoms with Gasteiger partial charge in [0.25, 0.3) is 0 Å². The van der Waals surface area contributed by atoms with Crippen LogP contribution >= 0.6 is 0 Å². The molecule has 0 aliphatic carbocycles. The highest BCUT2D eigenvalue weighted by atomic mass is 16.4. The van der Waals surface area contributed by atoms with Gasteiger partial charge >= 0.3 is 5.63 Å². The quantitative estimate of drug-likeness (QED) is 0.667. The summed E-state index contributed by atoms with van der Waals surface area (Å²) in [4.78, 5) is 11.4. The lowest BCUT2D eigenvalue weighted by molar-refractivity contribution is 0.555. The monoisotopic (exact) mass is 243 g/mol. The van der Waals surface area contributed by atoms with Gasteiger partial charge in [-0.2, -0.15) is 0 Å². The summed E-state index contributed by atoms with van der Waals surface area (Å²) in [5, 5.41) is 1.89. The number of hydrogen-bond acceptors (Lipinski definition) is 4. The van der Waals surface area contributed by atoms with E-state index in [-0.39, 0.29) is 5.63 Å². The van der Waals surface area contributed by atoms with Crippen LogP contribution in [0.5, 0.6) is 0 Å². The van der Waals surface area contributed by atoms with E-state index in [0.717, 1.165) is 27.7 Å². The number of nitrogens with two attached hydrogens (primary N) is 1. The second-order valence-electron chi connectivity index (χ2n) is 4.45. The maximum atomic E-state index is 11.4. The van der Waals surface area contributed by atoms with Gasteiger partial charge in [0.15, 0.2) is 0 Å². The molecule has 18 heavy (non-hydrogen) atoms. The molecule has 92 valence electrons. The van der Waals surface area contributed by atoms with Crippen LogP contribution in [-0.4, -0.2) is 0 Å². The Morgan fingerprint density at radius 2 is 1.89 bits per heavy atom. The van der Waals surface area contributed by atoms with Crippen LogP contribution in [0.15, 0.2) is 31.8 Å². The zero-order chi connectivity index (χ0) is 12.9. The Balaban J connectivity index is 2.61. The van der Waals surface area contributed by atoms with E-state index in [1.165, 1.54) is 6.07 Å². The molecule has 4 nitrogen and oxygen atoms in total. The Hall–Kier alpha value is -2.07. The van der Waals surface area contributed by atoms with E-state index in [9.17, 15) is 4.79 Å². The van der Waals surface area contributed by atoms with Crippen molar-refractivity contribution in [3.8, 4) is 0 Å². The van der Waals surface area contributed by atoms with Crippen LogP contribution in [0.4, 0.5) is 0 Å². The van der Waals surface area contributed by atoms with Gasteiger partial charge in [-0.15, -0.1) is 0 Å². The molecule has 0 amide bonds. The van der Waals surface area contributed by atoms with Crippen LogP contribution in [-0.2, 0) is 6.54 Å². The highest BCUT2D eigenvalue weighted by Gasteiger charge is 2.14. The third-order valence-corrected chi connectivity index (χ3v) is 3.16. The second kappa shape index (κ2) is 3.71. The Bertz CT molecular complexity index is 811. The van der Waals surface area contributed by atoms with Crippen molar-refractivity contribution >= 4 is 21.9 Å². The second-order valence-corrected chi connectivity index (χ2v) is 4.45. The van der Waals surface area contributed by atoms with E-state index in [0.29, 0.717) is 17.7 Å². The van der Waals surface area contributed by atoms with E-state index in [1.54, 1.807) is 6.07 Å². The third kappa shape index (κ3) is 1.46. The topological polar surface area (TPSA) is 69.4 Å². The first-order valence-electron chi connectivity index (χ1n) is 5.76. The number of furan rings is 1. The molecule has 0 radical (unpaired) electrons. The zero-order valence-corrected chi connectivity index (χ0v) is 10.2. The summed E-state index contributed by atoms with van der Waals surface area (Å²) in [6.45, 7) is 4.15. The van der Waals surface area contributed by atoms with Crippen LogP contribution in [0.1, 0.15) is 16.9 Å². The molecule has 3 rings (SSSR count). The molecular formula is C14H13NO3. The largest absolute Gasteiger partial charge is 0.461 e. The van der Waals surface area contributed by atoms with E-state index in [1.807, 2.05) is 19.9 Å². The van der Waals surface area contributed by atoms with Gasteiger partial charge in [0.2, 0.25) is 0 Å². The highest BCUT2D eigenvalue weighted by molar-refractivity contribution is 5.99. The zero-order valence-electron chi connectivity index (χ0n) is 10.2. The molecule has 0 bridgehead atoms. The van der Waals surface area contributed by atoms with Gasteiger partial charge in [0.05, 0.1) is 0 Å². The molecule has 0 saturated carbocycles. The van der Waals surface area contributed by atoms with Crippen molar-refractivity contribution in [3.05, 3.63) is 45.5 Å². The first-order chi connectivity index (χ1) is 8.60. The molecule has 0 aliphatic rings. The average molecular weight is 243 g/mol. The van der Waals surface area contributed by atoms with Crippen molar-refractivity contribution < 1.29 is 8.83 Å². The minimum absolute atomic E-state index is 0.356. The highest BCUT2D eigenvalue weighted by Crippen LogP contribution is 2.31. The molecule has 0 spiro atoms. The van der Waals surface area contributed by atoms with Crippen LogP contribution in [0.25, 0.3) is 21.9 Å². The molecule has 4 heteroatoms. The summed E-state index contributed by atoms with van der Waals surface area (Å²) in [5.74, 6) is 0.815. The van der Waals surface area contributed by atoms with Gasteiger partial charge < -0.3 is 14.6 Å². The average Bonchev–Trinajstić information content (AvgIpc) is 2.65. The molecule has 3 aromatic rings. The number of benzene rings is 1. The van der Waals surface area contributed by atoms with Crippen molar-refractivity contribution in [2.24, 2.45) is 5.73 Å². The van der Waals surface area contributed by atoms with Gasteiger partial charge in [-0.3, -0.25) is 0 Å². The molecule has 0 atom stereocenters.